The molecule has 6 nitrogen and oxygen atoms in total. The molecule has 1 heterocycles. The number of anilines is 1. The van der Waals surface area contributed by atoms with Crippen molar-refractivity contribution < 1.29 is 19.1 Å². The molecule has 8 heteroatoms. The number of Topliss-reactive ketones (excluding diaryl/α,β-unsaturated/α-hetero) is 2. The molecule has 1 aliphatic heterocycles. The molecule has 5 rings (SSSR count). The Hall–Kier alpha value is -2.71. The molecule has 2 aromatic carbocycles. The number of ketones is 2. The van der Waals surface area contributed by atoms with Crippen molar-refractivity contribution in [1.29, 1.82) is 0 Å². The van der Waals surface area contributed by atoms with E-state index in [4.69, 9.17) is 4.74 Å². The summed E-state index contributed by atoms with van der Waals surface area (Å²) in [4.78, 5) is 39.9. The molecule has 0 unspecified atom stereocenters. The zero-order valence-corrected chi connectivity index (χ0v) is 27.6. The lowest BCUT2D eigenvalue weighted by Gasteiger charge is -2.44. The molecule has 0 spiro atoms. The van der Waals surface area contributed by atoms with E-state index in [-0.39, 0.29) is 34.9 Å². The standard InChI is InChI=1S/C33H36Br2N2O4/c1-17-7-8-20(9-18(17)2)36-27(40)16-41-31-21(34)10-19(11-22(31)35)28-29-23(12-32(3,4)14-25(29)38)37-24-13-33(5,6)15-26(39)30(24)28/h7-11,28,37H,12-16H2,1-6H3,(H,36,40). The molecule has 216 valence electrons. The molecule has 0 atom stereocenters. The topological polar surface area (TPSA) is 84.5 Å². The van der Waals surface area contributed by atoms with Crippen LogP contribution in [-0.2, 0) is 14.4 Å². The number of amides is 1. The maximum atomic E-state index is 13.6. The second kappa shape index (κ2) is 10.8. The maximum Gasteiger partial charge on any atom is 0.262 e. The van der Waals surface area contributed by atoms with Gasteiger partial charge in [0, 0.05) is 47.0 Å². The van der Waals surface area contributed by atoms with E-state index in [2.05, 4.69) is 70.2 Å². The van der Waals surface area contributed by atoms with Crippen LogP contribution in [0.15, 0.2) is 61.8 Å². The van der Waals surface area contributed by atoms with Crippen LogP contribution in [0, 0.1) is 24.7 Å². The minimum atomic E-state index is -0.455. The highest BCUT2D eigenvalue weighted by atomic mass is 79.9. The van der Waals surface area contributed by atoms with Crippen LogP contribution in [0.25, 0.3) is 0 Å². The maximum absolute atomic E-state index is 13.6. The minimum absolute atomic E-state index is 0.0773. The lowest BCUT2D eigenvalue weighted by Crippen LogP contribution is -2.42. The molecule has 0 saturated heterocycles. The first-order valence-electron chi connectivity index (χ1n) is 13.9. The van der Waals surface area contributed by atoms with E-state index in [9.17, 15) is 14.4 Å². The van der Waals surface area contributed by atoms with Gasteiger partial charge in [-0.1, -0.05) is 33.8 Å². The molecule has 0 aromatic heterocycles. The summed E-state index contributed by atoms with van der Waals surface area (Å²) in [6, 6.07) is 9.59. The van der Waals surface area contributed by atoms with E-state index < -0.39 is 5.92 Å². The highest BCUT2D eigenvalue weighted by Gasteiger charge is 2.46. The third kappa shape index (κ3) is 6.09. The Morgan fingerprint density at radius 2 is 1.41 bits per heavy atom. The van der Waals surface area contributed by atoms with Gasteiger partial charge in [-0.25, -0.2) is 0 Å². The van der Waals surface area contributed by atoms with Gasteiger partial charge in [0.05, 0.1) is 8.95 Å². The number of nitrogens with one attached hydrogen (secondary N) is 2. The Balaban J connectivity index is 1.46. The molecule has 0 saturated carbocycles. The van der Waals surface area contributed by atoms with Gasteiger partial charge in [-0.2, -0.15) is 0 Å². The zero-order chi connectivity index (χ0) is 29.9. The minimum Gasteiger partial charge on any atom is -0.481 e. The van der Waals surface area contributed by atoms with Crippen LogP contribution in [0.4, 0.5) is 5.69 Å². The first kappa shape index (κ1) is 29.8. The van der Waals surface area contributed by atoms with Gasteiger partial charge in [-0.3, -0.25) is 14.4 Å². The van der Waals surface area contributed by atoms with Gasteiger partial charge >= 0.3 is 0 Å². The van der Waals surface area contributed by atoms with Gasteiger partial charge in [-0.15, -0.1) is 0 Å². The Morgan fingerprint density at radius 3 is 1.93 bits per heavy atom. The second-order valence-electron chi connectivity index (χ2n) is 13.2. The molecule has 1 amide bonds. The van der Waals surface area contributed by atoms with Gasteiger partial charge in [-0.05, 0) is 110 Å². The molecule has 3 aliphatic rings. The number of allylic oxidation sites excluding steroid dienone is 4. The summed E-state index contributed by atoms with van der Waals surface area (Å²) >= 11 is 7.27. The summed E-state index contributed by atoms with van der Waals surface area (Å²) in [7, 11) is 0. The van der Waals surface area contributed by atoms with Gasteiger partial charge in [0.25, 0.3) is 5.91 Å². The van der Waals surface area contributed by atoms with Crippen molar-refractivity contribution >= 4 is 55.0 Å². The molecular weight excluding hydrogens is 648 g/mol. The average Bonchev–Trinajstić information content (AvgIpc) is 2.82. The Kier molecular flexibility index (Phi) is 7.88. The lowest BCUT2D eigenvalue weighted by molar-refractivity contribution is -0.119. The normalized spacial score (nSPS) is 19.9. The van der Waals surface area contributed by atoms with Crippen molar-refractivity contribution in [2.24, 2.45) is 10.8 Å². The third-order valence-electron chi connectivity index (χ3n) is 8.21. The number of hydrogen-bond donors (Lipinski definition) is 2. The summed E-state index contributed by atoms with van der Waals surface area (Å²) in [5, 5.41) is 6.43. The Morgan fingerprint density at radius 1 is 0.878 bits per heavy atom. The number of dihydropyridines is 1. The number of rotatable bonds is 5. The predicted molar refractivity (Wildman–Crippen MR) is 168 cm³/mol. The first-order chi connectivity index (χ1) is 19.1. The molecule has 2 aliphatic carbocycles. The number of hydrogen-bond acceptors (Lipinski definition) is 5. The number of aryl methyl sites for hydroxylation is 2. The fraction of sp³-hybridized carbons (Fsp3) is 0.424. The van der Waals surface area contributed by atoms with Crippen LogP contribution in [0.1, 0.15) is 76.0 Å². The fourth-order valence-electron chi connectivity index (χ4n) is 6.26. The van der Waals surface area contributed by atoms with E-state index in [0.29, 0.717) is 38.7 Å². The highest BCUT2D eigenvalue weighted by molar-refractivity contribution is 9.11. The van der Waals surface area contributed by atoms with Crippen molar-refractivity contribution in [3.05, 3.63) is 78.5 Å². The number of carbonyl (C=O) groups is 3. The number of halogens is 2. The van der Waals surface area contributed by atoms with E-state index in [1.807, 2.05) is 44.2 Å². The molecule has 2 N–H and O–H groups in total. The van der Waals surface area contributed by atoms with Crippen molar-refractivity contribution in [1.82, 2.24) is 5.32 Å². The molecular formula is C33H36Br2N2O4. The summed E-state index contributed by atoms with van der Waals surface area (Å²) in [6.07, 6.45) is 2.36. The van der Waals surface area contributed by atoms with E-state index >= 15 is 0 Å². The van der Waals surface area contributed by atoms with Gasteiger partial charge in [0.1, 0.15) is 5.75 Å². The van der Waals surface area contributed by atoms with Crippen molar-refractivity contribution in [2.75, 3.05) is 11.9 Å². The second-order valence-corrected chi connectivity index (χ2v) is 14.9. The molecule has 0 bridgehead atoms. The quantitative estimate of drug-likeness (QED) is 0.336. The zero-order valence-electron chi connectivity index (χ0n) is 24.4. The summed E-state index contributed by atoms with van der Waals surface area (Å²) in [6.45, 7) is 12.3. The largest absolute Gasteiger partial charge is 0.481 e. The smallest absolute Gasteiger partial charge is 0.262 e. The van der Waals surface area contributed by atoms with Crippen LogP contribution >= 0.6 is 31.9 Å². The summed E-state index contributed by atoms with van der Waals surface area (Å²) in [5.41, 5.74) is 6.73. The fourth-order valence-corrected chi connectivity index (χ4v) is 7.71. The third-order valence-corrected chi connectivity index (χ3v) is 9.39. The van der Waals surface area contributed by atoms with Gasteiger partial charge in [0.2, 0.25) is 0 Å². The highest BCUT2D eigenvalue weighted by Crippen LogP contribution is 2.52. The molecule has 2 aromatic rings. The summed E-state index contributed by atoms with van der Waals surface area (Å²) in [5.74, 6) is -0.0938. The Bertz CT molecular complexity index is 1480. The van der Waals surface area contributed by atoms with Crippen LogP contribution in [-0.4, -0.2) is 24.1 Å². The van der Waals surface area contributed by atoms with Crippen LogP contribution in [0.3, 0.4) is 0 Å². The molecule has 0 radical (unpaired) electrons. The van der Waals surface area contributed by atoms with Gasteiger partial charge < -0.3 is 15.4 Å². The molecule has 41 heavy (non-hydrogen) atoms. The monoisotopic (exact) mass is 682 g/mol. The first-order valence-corrected chi connectivity index (χ1v) is 15.5. The van der Waals surface area contributed by atoms with E-state index in [0.717, 1.165) is 46.6 Å². The van der Waals surface area contributed by atoms with Crippen LogP contribution in [0.2, 0.25) is 0 Å². The van der Waals surface area contributed by atoms with Gasteiger partial charge in [0.15, 0.2) is 18.2 Å². The van der Waals surface area contributed by atoms with Crippen molar-refractivity contribution in [3.8, 4) is 5.75 Å². The van der Waals surface area contributed by atoms with Crippen molar-refractivity contribution in [2.45, 2.75) is 73.1 Å². The van der Waals surface area contributed by atoms with E-state index in [1.165, 1.54) is 0 Å². The number of benzene rings is 2. The lowest BCUT2D eigenvalue weighted by atomic mass is 9.64. The van der Waals surface area contributed by atoms with Crippen LogP contribution in [0.5, 0.6) is 5.75 Å². The number of carbonyl (C=O) groups excluding carboxylic acids is 3. The molecule has 0 fully saturated rings. The Labute approximate surface area is 258 Å². The predicted octanol–water partition coefficient (Wildman–Crippen LogP) is 7.82. The summed E-state index contributed by atoms with van der Waals surface area (Å²) < 4.78 is 7.20. The van der Waals surface area contributed by atoms with Crippen LogP contribution < -0.4 is 15.4 Å². The van der Waals surface area contributed by atoms with E-state index in [1.54, 1.807) is 0 Å². The number of ether oxygens (including phenoxy) is 1. The van der Waals surface area contributed by atoms with Crippen molar-refractivity contribution in [3.63, 3.8) is 0 Å². The SMILES string of the molecule is Cc1ccc(NC(=O)COc2c(Br)cc(C3C4=C(CC(C)(C)CC4=O)NC4=C3C(=O)CC(C)(C)C4)cc2Br)cc1C. The average molecular weight is 684 g/mol.